The first-order valence-corrected chi connectivity index (χ1v) is 3.63. The monoisotopic (exact) mass is 155 g/mol. The maximum absolute atomic E-state index is 9.59. The van der Waals surface area contributed by atoms with Crippen LogP contribution < -0.4 is 0 Å². The fourth-order valence-corrected chi connectivity index (χ4v) is 0.997. The van der Waals surface area contributed by atoms with Gasteiger partial charge < -0.3 is 9.84 Å². The Morgan fingerprint density at radius 2 is 2.45 bits per heavy atom. The van der Waals surface area contributed by atoms with E-state index in [4.69, 9.17) is 11.2 Å². The van der Waals surface area contributed by atoms with E-state index in [0.29, 0.717) is 13.2 Å². The molecule has 0 spiro atoms. The van der Waals surface area contributed by atoms with Crippen LogP contribution in [0.2, 0.25) is 0 Å². The summed E-state index contributed by atoms with van der Waals surface area (Å²) in [6.45, 7) is 1.57. The maximum atomic E-state index is 9.59. The van der Waals surface area contributed by atoms with Gasteiger partial charge in [0.25, 0.3) is 0 Å². The highest BCUT2D eigenvalue weighted by Crippen LogP contribution is 2.13. The van der Waals surface area contributed by atoms with Crippen molar-refractivity contribution in [3.8, 4) is 12.3 Å². The summed E-state index contributed by atoms with van der Waals surface area (Å²) in [7, 11) is 1.93. The topological polar surface area (TPSA) is 32.7 Å². The lowest BCUT2D eigenvalue weighted by atomic mass is 10.0. The van der Waals surface area contributed by atoms with Crippen LogP contribution >= 0.6 is 0 Å². The molecule has 1 aliphatic heterocycles. The number of ether oxygens (including phenoxy) is 1. The Labute approximate surface area is 67.0 Å². The second-order valence-electron chi connectivity index (χ2n) is 2.98. The van der Waals surface area contributed by atoms with Crippen molar-refractivity contribution in [2.24, 2.45) is 0 Å². The van der Waals surface area contributed by atoms with Gasteiger partial charge in [0.05, 0.1) is 13.3 Å². The van der Waals surface area contributed by atoms with Crippen LogP contribution in [0.4, 0.5) is 0 Å². The van der Waals surface area contributed by atoms with Crippen molar-refractivity contribution >= 4 is 0 Å². The molecule has 0 bridgehead atoms. The molecule has 11 heavy (non-hydrogen) atoms. The van der Waals surface area contributed by atoms with Crippen LogP contribution in [0.15, 0.2) is 0 Å². The molecule has 3 nitrogen and oxygen atoms in total. The zero-order valence-corrected chi connectivity index (χ0v) is 6.71. The second kappa shape index (κ2) is 3.22. The van der Waals surface area contributed by atoms with Crippen LogP contribution in [-0.2, 0) is 4.74 Å². The van der Waals surface area contributed by atoms with Crippen molar-refractivity contribution < 1.29 is 9.84 Å². The molecule has 0 aromatic carbocycles. The average Bonchev–Trinajstić information content (AvgIpc) is 2.15. The molecule has 1 atom stereocenters. The number of hydrogen-bond donors (Lipinski definition) is 1. The van der Waals surface area contributed by atoms with Gasteiger partial charge in [-0.15, -0.1) is 6.42 Å². The predicted octanol–water partition coefficient (Wildman–Crippen LogP) is -0.340. The molecule has 1 N–H and O–H groups in total. The number of rotatable bonds is 0. The van der Waals surface area contributed by atoms with E-state index in [1.807, 2.05) is 11.9 Å². The summed E-state index contributed by atoms with van der Waals surface area (Å²) in [6, 6.07) is 0. The molecule has 62 valence electrons. The van der Waals surface area contributed by atoms with E-state index in [0.717, 1.165) is 6.54 Å². The van der Waals surface area contributed by atoms with Crippen molar-refractivity contribution in [1.82, 2.24) is 4.90 Å². The van der Waals surface area contributed by atoms with Gasteiger partial charge in [-0.1, -0.05) is 5.92 Å². The zero-order chi connectivity index (χ0) is 8.32. The van der Waals surface area contributed by atoms with Gasteiger partial charge in [0.15, 0.2) is 0 Å². The molecular formula is C8H13NO2. The molecule has 1 rings (SSSR count). The summed E-state index contributed by atoms with van der Waals surface area (Å²) >= 11 is 0. The van der Waals surface area contributed by atoms with Crippen molar-refractivity contribution in [3.63, 3.8) is 0 Å². The highest BCUT2D eigenvalue weighted by atomic mass is 16.5. The first-order valence-electron chi connectivity index (χ1n) is 3.63. The van der Waals surface area contributed by atoms with Gasteiger partial charge in [-0.25, -0.2) is 0 Å². The third-order valence-electron chi connectivity index (χ3n) is 1.83. The van der Waals surface area contributed by atoms with E-state index in [9.17, 15) is 5.11 Å². The lowest BCUT2D eigenvalue weighted by Crippen LogP contribution is -2.32. The van der Waals surface area contributed by atoms with Gasteiger partial charge in [-0.05, 0) is 7.05 Å². The Bertz CT molecular complexity index is 175. The Morgan fingerprint density at radius 3 is 3.09 bits per heavy atom. The van der Waals surface area contributed by atoms with Crippen LogP contribution in [0.3, 0.4) is 0 Å². The molecule has 0 radical (unpaired) electrons. The number of nitrogens with zero attached hydrogens (tertiary/aromatic N) is 1. The van der Waals surface area contributed by atoms with Crippen molar-refractivity contribution in [3.05, 3.63) is 0 Å². The smallest absolute Gasteiger partial charge is 0.149 e. The first-order chi connectivity index (χ1) is 5.16. The van der Waals surface area contributed by atoms with Gasteiger partial charge in [0.1, 0.15) is 5.60 Å². The minimum atomic E-state index is -1.05. The Hall–Kier alpha value is -0.560. The minimum Gasteiger partial charge on any atom is -0.375 e. The van der Waals surface area contributed by atoms with Crippen molar-refractivity contribution in [1.29, 1.82) is 0 Å². The predicted molar refractivity (Wildman–Crippen MR) is 41.8 cm³/mol. The molecule has 0 aliphatic carbocycles. The molecule has 1 unspecified atom stereocenters. The molecule has 1 heterocycles. The van der Waals surface area contributed by atoms with Crippen molar-refractivity contribution in [2.45, 2.75) is 12.0 Å². The maximum Gasteiger partial charge on any atom is 0.149 e. The largest absolute Gasteiger partial charge is 0.375 e. The van der Waals surface area contributed by atoms with Crippen LogP contribution in [0, 0.1) is 12.3 Å². The molecule has 0 aromatic rings. The van der Waals surface area contributed by atoms with Gasteiger partial charge in [0.2, 0.25) is 0 Å². The SMILES string of the molecule is C#CC1(O)CCN(C)COC1. The highest BCUT2D eigenvalue weighted by Gasteiger charge is 2.27. The van der Waals surface area contributed by atoms with E-state index in [1.165, 1.54) is 0 Å². The fraction of sp³-hybridized carbons (Fsp3) is 0.750. The van der Waals surface area contributed by atoms with Crippen LogP contribution in [0.5, 0.6) is 0 Å². The van der Waals surface area contributed by atoms with Gasteiger partial charge in [0, 0.05) is 13.0 Å². The minimum absolute atomic E-state index is 0.244. The summed E-state index contributed by atoms with van der Waals surface area (Å²) < 4.78 is 5.15. The zero-order valence-electron chi connectivity index (χ0n) is 6.71. The fourth-order valence-electron chi connectivity index (χ4n) is 0.997. The second-order valence-corrected chi connectivity index (χ2v) is 2.98. The Morgan fingerprint density at radius 1 is 1.73 bits per heavy atom. The summed E-state index contributed by atoms with van der Waals surface area (Å²) in [6.07, 6.45) is 5.74. The number of hydrogen-bond acceptors (Lipinski definition) is 3. The molecule has 0 saturated carbocycles. The number of terminal acetylenes is 1. The van der Waals surface area contributed by atoms with E-state index < -0.39 is 5.60 Å². The van der Waals surface area contributed by atoms with Crippen molar-refractivity contribution in [2.75, 3.05) is 26.9 Å². The van der Waals surface area contributed by atoms with Crippen LogP contribution in [0.25, 0.3) is 0 Å². The quantitative estimate of drug-likeness (QED) is 0.486. The molecule has 1 saturated heterocycles. The Kier molecular flexibility index (Phi) is 2.50. The van der Waals surface area contributed by atoms with Gasteiger partial charge >= 0.3 is 0 Å². The summed E-state index contributed by atoms with van der Waals surface area (Å²) in [5, 5.41) is 9.59. The average molecular weight is 155 g/mol. The van der Waals surface area contributed by atoms with E-state index in [2.05, 4.69) is 5.92 Å². The van der Waals surface area contributed by atoms with Crippen LogP contribution in [-0.4, -0.2) is 42.5 Å². The normalized spacial score (nSPS) is 34.3. The van der Waals surface area contributed by atoms with Gasteiger partial charge in [-0.3, -0.25) is 4.90 Å². The molecule has 0 aromatic heterocycles. The molecule has 0 amide bonds. The first kappa shape index (κ1) is 8.54. The van der Waals surface area contributed by atoms with E-state index in [1.54, 1.807) is 0 Å². The standard InChI is InChI=1S/C8H13NO2/c1-3-8(10)4-5-9(2)7-11-6-8/h1,10H,4-7H2,2H3. The molecule has 1 aliphatic rings. The third kappa shape index (κ3) is 2.19. The van der Waals surface area contributed by atoms with Crippen LogP contribution in [0.1, 0.15) is 6.42 Å². The summed E-state index contributed by atoms with van der Waals surface area (Å²) in [5.74, 6) is 2.34. The lowest BCUT2D eigenvalue weighted by molar-refractivity contribution is -0.00889. The number of aliphatic hydroxyl groups is 1. The van der Waals surface area contributed by atoms with E-state index in [-0.39, 0.29) is 6.61 Å². The summed E-state index contributed by atoms with van der Waals surface area (Å²) in [5.41, 5.74) is -1.05. The summed E-state index contributed by atoms with van der Waals surface area (Å²) in [4.78, 5) is 1.98. The van der Waals surface area contributed by atoms with E-state index >= 15 is 0 Å². The molecule has 3 heteroatoms. The highest BCUT2D eigenvalue weighted by molar-refractivity contribution is 5.08. The molecule has 1 fully saturated rings. The lowest BCUT2D eigenvalue weighted by Gasteiger charge is -2.17. The Balaban J connectivity index is 2.54. The van der Waals surface area contributed by atoms with Gasteiger partial charge in [-0.2, -0.15) is 0 Å². The third-order valence-corrected chi connectivity index (χ3v) is 1.83. The molecular weight excluding hydrogens is 142 g/mol.